The van der Waals surface area contributed by atoms with Crippen molar-refractivity contribution in [1.82, 2.24) is 9.78 Å². The third kappa shape index (κ3) is 2.57. The van der Waals surface area contributed by atoms with E-state index in [1.807, 2.05) is 0 Å². The lowest BCUT2D eigenvalue weighted by Crippen LogP contribution is -2.04. The second-order valence-corrected chi connectivity index (χ2v) is 4.54. The van der Waals surface area contributed by atoms with Crippen LogP contribution < -0.4 is 5.73 Å². The summed E-state index contributed by atoms with van der Waals surface area (Å²) in [5.74, 6) is 0. The van der Waals surface area contributed by atoms with E-state index in [-0.39, 0.29) is 5.69 Å². The first-order chi connectivity index (χ1) is 8.61. The summed E-state index contributed by atoms with van der Waals surface area (Å²) in [5, 5.41) is 15.0. The fourth-order valence-electron chi connectivity index (χ4n) is 1.58. The molecule has 18 heavy (non-hydrogen) atoms. The van der Waals surface area contributed by atoms with Crippen molar-refractivity contribution in [2.24, 2.45) is 5.73 Å². The van der Waals surface area contributed by atoms with Crippen molar-refractivity contribution >= 4 is 21.6 Å². The number of benzene rings is 1. The van der Waals surface area contributed by atoms with Crippen molar-refractivity contribution in [3.63, 3.8) is 0 Å². The van der Waals surface area contributed by atoms with Crippen LogP contribution in [0.4, 0.5) is 5.69 Å². The maximum absolute atomic E-state index is 10.7. The highest BCUT2D eigenvalue weighted by Crippen LogP contribution is 2.21. The zero-order valence-corrected chi connectivity index (χ0v) is 11.0. The van der Waals surface area contributed by atoms with Crippen LogP contribution in [0.25, 0.3) is 5.69 Å². The van der Waals surface area contributed by atoms with Crippen LogP contribution in [-0.2, 0) is 6.42 Å². The molecule has 0 bridgehead atoms. The van der Waals surface area contributed by atoms with Gasteiger partial charge in [-0.25, -0.2) is 4.68 Å². The van der Waals surface area contributed by atoms with Gasteiger partial charge in [-0.1, -0.05) is 6.07 Å². The van der Waals surface area contributed by atoms with Gasteiger partial charge in [-0.15, -0.1) is 0 Å². The van der Waals surface area contributed by atoms with Gasteiger partial charge in [0.2, 0.25) is 0 Å². The second kappa shape index (κ2) is 5.28. The maximum atomic E-state index is 10.7. The molecule has 2 rings (SSSR count). The van der Waals surface area contributed by atoms with Gasteiger partial charge in [0.1, 0.15) is 0 Å². The van der Waals surface area contributed by atoms with Gasteiger partial charge >= 0.3 is 0 Å². The Morgan fingerprint density at radius 1 is 1.50 bits per heavy atom. The molecular weight excluding hydrogens is 300 g/mol. The standard InChI is InChI=1S/C11H11BrN4O2/c12-10-7-15(14-11(10)4-5-13)8-2-1-3-9(6-8)16(17)18/h1-3,6-7H,4-5,13H2. The van der Waals surface area contributed by atoms with E-state index >= 15 is 0 Å². The molecule has 0 aliphatic carbocycles. The number of nitrogens with two attached hydrogens (primary N) is 1. The molecule has 0 amide bonds. The van der Waals surface area contributed by atoms with Crippen molar-refractivity contribution in [3.8, 4) is 5.69 Å². The summed E-state index contributed by atoms with van der Waals surface area (Å²) < 4.78 is 2.45. The summed E-state index contributed by atoms with van der Waals surface area (Å²) >= 11 is 3.39. The molecule has 0 radical (unpaired) electrons. The maximum Gasteiger partial charge on any atom is 0.271 e. The number of halogens is 1. The lowest BCUT2D eigenvalue weighted by atomic mass is 10.3. The molecule has 7 heteroatoms. The van der Waals surface area contributed by atoms with E-state index in [1.54, 1.807) is 23.0 Å². The van der Waals surface area contributed by atoms with E-state index < -0.39 is 4.92 Å². The summed E-state index contributed by atoms with van der Waals surface area (Å²) in [7, 11) is 0. The van der Waals surface area contributed by atoms with Crippen LogP contribution in [0.3, 0.4) is 0 Å². The molecule has 0 fully saturated rings. The largest absolute Gasteiger partial charge is 0.330 e. The van der Waals surface area contributed by atoms with Crippen molar-refractivity contribution in [2.75, 3.05) is 6.54 Å². The highest BCUT2D eigenvalue weighted by molar-refractivity contribution is 9.10. The van der Waals surface area contributed by atoms with E-state index in [0.717, 1.165) is 10.2 Å². The van der Waals surface area contributed by atoms with Crippen molar-refractivity contribution in [1.29, 1.82) is 0 Å². The smallest absolute Gasteiger partial charge is 0.271 e. The first-order valence-electron chi connectivity index (χ1n) is 5.30. The van der Waals surface area contributed by atoms with Crippen molar-refractivity contribution in [3.05, 3.63) is 50.7 Å². The second-order valence-electron chi connectivity index (χ2n) is 3.68. The molecule has 0 atom stereocenters. The minimum Gasteiger partial charge on any atom is -0.330 e. The summed E-state index contributed by atoms with van der Waals surface area (Å²) in [6, 6.07) is 6.32. The molecule has 0 saturated heterocycles. The van der Waals surface area contributed by atoms with E-state index in [4.69, 9.17) is 5.73 Å². The van der Waals surface area contributed by atoms with Crippen LogP contribution in [0.1, 0.15) is 5.69 Å². The van der Waals surface area contributed by atoms with Gasteiger partial charge in [0.05, 0.1) is 20.8 Å². The molecule has 0 spiro atoms. The number of rotatable bonds is 4. The molecular formula is C11H11BrN4O2. The first kappa shape index (κ1) is 12.7. The molecule has 0 saturated carbocycles. The van der Waals surface area contributed by atoms with Gasteiger partial charge < -0.3 is 5.73 Å². The number of nitrogens with zero attached hydrogens (tertiary/aromatic N) is 3. The number of hydrogen-bond donors (Lipinski definition) is 1. The predicted molar refractivity (Wildman–Crippen MR) is 70.7 cm³/mol. The van der Waals surface area contributed by atoms with E-state index in [9.17, 15) is 10.1 Å². The number of nitro benzene ring substituents is 1. The lowest BCUT2D eigenvalue weighted by Gasteiger charge is -2.00. The normalized spacial score (nSPS) is 10.6. The van der Waals surface area contributed by atoms with Crippen LogP contribution in [-0.4, -0.2) is 21.2 Å². The van der Waals surface area contributed by atoms with Gasteiger partial charge in [-0.05, 0) is 28.5 Å². The monoisotopic (exact) mass is 310 g/mol. The molecule has 94 valence electrons. The Kier molecular flexibility index (Phi) is 3.73. The van der Waals surface area contributed by atoms with E-state index in [1.165, 1.54) is 12.1 Å². The molecule has 0 unspecified atom stereocenters. The average molecular weight is 311 g/mol. The Morgan fingerprint density at radius 2 is 2.28 bits per heavy atom. The minimum absolute atomic E-state index is 0.0412. The number of non-ortho nitro benzene ring substituents is 1. The molecule has 6 nitrogen and oxygen atoms in total. The lowest BCUT2D eigenvalue weighted by molar-refractivity contribution is -0.384. The topological polar surface area (TPSA) is 87.0 Å². The van der Waals surface area contributed by atoms with Gasteiger partial charge in [-0.2, -0.15) is 5.10 Å². The molecule has 0 aliphatic rings. The SMILES string of the molecule is NCCc1nn(-c2cccc([N+](=O)[O-])c2)cc1Br. The minimum atomic E-state index is -0.428. The highest BCUT2D eigenvalue weighted by atomic mass is 79.9. The Hall–Kier alpha value is -1.73. The van der Waals surface area contributed by atoms with Crippen LogP contribution in [0.5, 0.6) is 0 Å². The summed E-state index contributed by atoms with van der Waals surface area (Å²) in [6.07, 6.45) is 2.42. The molecule has 2 N–H and O–H groups in total. The van der Waals surface area contributed by atoms with Crippen molar-refractivity contribution in [2.45, 2.75) is 6.42 Å². The zero-order chi connectivity index (χ0) is 13.1. The van der Waals surface area contributed by atoms with E-state index in [0.29, 0.717) is 18.7 Å². The Balaban J connectivity index is 2.39. The molecule has 1 heterocycles. The summed E-state index contributed by atoms with van der Waals surface area (Å²) in [5.41, 5.74) is 7.01. The third-order valence-electron chi connectivity index (χ3n) is 2.43. The summed E-state index contributed by atoms with van der Waals surface area (Å²) in [4.78, 5) is 10.3. The fourth-order valence-corrected chi connectivity index (χ4v) is 2.05. The zero-order valence-electron chi connectivity index (χ0n) is 9.41. The van der Waals surface area contributed by atoms with Crippen LogP contribution >= 0.6 is 15.9 Å². The molecule has 2 aromatic rings. The first-order valence-corrected chi connectivity index (χ1v) is 6.10. The van der Waals surface area contributed by atoms with Gasteiger partial charge in [0.15, 0.2) is 0 Å². The average Bonchev–Trinajstić information content (AvgIpc) is 2.72. The van der Waals surface area contributed by atoms with Gasteiger partial charge in [0, 0.05) is 24.8 Å². The van der Waals surface area contributed by atoms with Crippen LogP contribution in [0.2, 0.25) is 0 Å². The quantitative estimate of drug-likeness (QED) is 0.691. The molecule has 1 aromatic heterocycles. The Bertz CT molecular complexity index is 582. The van der Waals surface area contributed by atoms with Crippen LogP contribution in [0, 0.1) is 10.1 Å². The predicted octanol–water partition coefficient (Wildman–Crippen LogP) is 2.04. The van der Waals surface area contributed by atoms with E-state index in [2.05, 4.69) is 21.0 Å². The Morgan fingerprint density at radius 3 is 2.94 bits per heavy atom. The van der Waals surface area contributed by atoms with Gasteiger partial charge in [-0.3, -0.25) is 10.1 Å². The Labute approximate surface area is 112 Å². The van der Waals surface area contributed by atoms with Crippen LogP contribution in [0.15, 0.2) is 34.9 Å². The number of nitro groups is 1. The summed E-state index contributed by atoms with van der Waals surface area (Å²) in [6.45, 7) is 0.505. The highest BCUT2D eigenvalue weighted by Gasteiger charge is 2.10. The number of aromatic nitrogens is 2. The fraction of sp³-hybridized carbons (Fsp3) is 0.182. The van der Waals surface area contributed by atoms with Crippen molar-refractivity contribution < 1.29 is 4.92 Å². The number of hydrogen-bond acceptors (Lipinski definition) is 4. The third-order valence-corrected chi connectivity index (χ3v) is 3.09. The molecule has 0 aliphatic heterocycles. The van der Waals surface area contributed by atoms with Gasteiger partial charge in [0.25, 0.3) is 5.69 Å². The molecule has 1 aromatic carbocycles.